The van der Waals surface area contributed by atoms with Gasteiger partial charge in [0.1, 0.15) is 0 Å². The second kappa shape index (κ2) is 10.2. The van der Waals surface area contributed by atoms with E-state index in [1.165, 1.54) is 25.7 Å². The third kappa shape index (κ3) is 10.8. The summed E-state index contributed by atoms with van der Waals surface area (Å²) in [4.78, 5) is 21.1. The van der Waals surface area contributed by atoms with Gasteiger partial charge in [0, 0.05) is 18.7 Å². The second-order valence-electron chi connectivity index (χ2n) is 3.73. The first kappa shape index (κ1) is 14.7. The van der Waals surface area contributed by atoms with E-state index in [1.54, 1.807) is 0 Å². The van der Waals surface area contributed by atoms with Crippen LogP contribution in [-0.4, -0.2) is 23.5 Å². The minimum Gasteiger partial charge on any atom is -0.478 e. The van der Waals surface area contributed by atoms with Crippen LogP contribution in [0.5, 0.6) is 0 Å². The number of hydrogen-bond donors (Lipinski definition) is 2. The molecule has 0 rings (SSSR count). The molecule has 0 aliphatic rings. The number of rotatable bonds is 9. The molecule has 0 saturated heterocycles. The van der Waals surface area contributed by atoms with Crippen LogP contribution >= 0.6 is 0 Å². The fourth-order valence-electron chi connectivity index (χ4n) is 1.32. The van der Waals surface area contributed by atoms with Crippen molar-refractivity contribution in [3.8, 4) is 0 Å². The summed E-state index contributed by atoms with van der Waals surface area (Å²) < 4.78 is 0. The summed E-state index contributed by atoms with van der Waals surface area (Å²) in [5.41, 5.74) is 0. The van der Waals surface area contributed by atoms with Crippen LogP contribution in [0.25, 0.3) is 0 Å². The average molecular weight is 227 g/mol. The van der Waals surface area contributed by atoms with Gasteiger partial charge in [-0.05, 0) is 6.42 Å². The molecule has 4 heteroatoms. The Hall–Kier alpha value is -1.32. The molecule has 0 saturated carbocycles. The Morgan fingerprint density at radius 1 is 1.06 bits per heavy atom. The van der Waals surface area contributed by atoms with Gasteiger partial charge >= 0.3 is 5.97 Å². The fraction of sp³-hybridized carbons (Fsp3) is 0.667. The van der Waals surface area contributed by atoms with E-state index < -0.39 is 5.97 Å². The summed E-state index contributed by atoms with van der Waals surface area (Å²) in [5, 5.41) is 10.9. The first-order valence-corrected chi connectivity index (χ1v) is 5.85. The van der Waals surface area contributed by atoms with Gasteiger partial charge in [-0.2, -0.15) is 0 Å². The lowest BCUT2D eigenvalue weighted by Crippen LogP contribution is -2.22. The van der Waals surface area contributed by atoms with Crippen molar-refractivity contribution in [3.63, 3.8) is 0 Å². The molecular weight excluding hydrogens is 206 g/mol. The van der Waals surface area contributed by atoms with E-state index in [4.69, 9.17) is 5.11 Å². The third-order valence-corrected chi connectivity index (χ3v) is 2.21. The van der Waals surface area contributed by atoms with Crippen LogP contribution < -0.4 is 5.32 Å². The van der Waals surface area contributed by atoms with Gasteiger partial charge in [0.05, 0.1) is 0 Å². The van der Waals surface area contributed by atoms with Crippen LogP contribution in [0, 0.1) is 0 Å². The lowest BCUT2D eigenvalue weighted by atomic mass is 10.1. The molecular formula is C12H21NO3. The lowest BCUT2D eigenvalue weighted by molar-refractivity contribution is -0.131. The Bertz CT molecular complexity index is 236. The van der Waals surface area contributed by atoms with E-state index in [2.05, 4.69) is 12.2 Å². The molecule has 0 bridgehead atoms. The molecule has 0 radical (unpaired) electrons. The number of amides is 1. The van der Waals surface area contributed by atoms with E-state index in [0.29, 0.717) is 6.54 Å². The molecule has 92 valence electrons. The number of carbonyl (C=O) groups excluding carboxylic acids is 1. The molecule has 0 heterocycles. The van der Waals surface area contributed by atoms with E-state index in [1.807, 2.05) is 0 Å². The highest BCUT2D eigenvalue weighted by molar-refractivity contribution is 5.93. The Morgan fingerprint density at radius 2 is 1.69 bits per heavy atom. The molecule has 2 N–H and O–H groups in total. The number of unbranched alkanes of at least 4 members (excludes halogenated alkanes) is 5. The minimum absolute atomic E-state index is 0.337. The zero-order chi connectivity index (χ0) is 12.2. The highest BCUT2D eigenvalue weighted by Gasteiger charge is 1.96. The molecule has 4 nitrogen and oxygen atoms in total. The van der Waals surface area contributed by atoms with Crippen LogP contribution in [0.2, 0.25) is 0 Å². The molecule has 0 unspecified atom stereocenters. The number of carboxylic acid groups (broad SMARTS) is 1. The summed E-state index contributed by atoms with van der Waals surface area (Å²) in [6, 6.07) is 0. The molecule has 0 fully saturated rings. The van der Waals surface area contributed by atoms with E-state index in [-0.39, 0.29) is 5.91 Å². The monoisotopic (exact) mass is 227 g/mol. The second-order valence-corrected chi connectivity index (χ2v) is 3.73. The Morgan fingerprint density at radius 3 is 2.31 bits per heavy atom. The van der Waals surface area contributed by atoms with Crippen molar-refractivity contribution < 1.29 is 14.7 Å². The van der Waals surface area contributed by atoms with Crippen molar-refractivity contribution >= 4 is 11.9 Å². The van der Waals surface area contributed by atoms with Crippen LogP contribution in [0.4, 0.5) is 0 Å². The van der Waals surface area contributed by atoms with Crippen molar-refractivity contribution in [1.82, 2.24) is 5.32 Å². The van der Waals surface area contributed by atoms with Crippen LogP contribution in [0.1, 0.15) is 45.4 Å². The van der Waals surface area contributed by atoms with Crippen LogP contribution in [0.15, 0.2) is 12.2 Å². The highest BCUT2D eigenvalue weighted by Crippen LogP contribution is 2.03. The zero-order valence-electron chi connectivity index (χ0n) is 9.87. The smallest absolute Gasteiger partial charge is 0.328 e. The van der Waals surface area contributed by atoms with Gasteiger partial charge in [-0.1, -0.05) is 39.0 Å². The number of nitrogens with one attached hydrogen (secondary N) is 1. The maximum absolute atomic E-state index is 11.0. The predicted octanol–water partition coefficient (Wildman–Crippen LogP) is 2.10. The molecule has 0 atom stereocenters. The molecule has 0 aromatic heterocycles. The topological polar surface area (TPSA) is 66.4 Å². The lowest BCUT2D eigenvalue weighted by Gasteiger charge is -2.01. The summed E-state index contributed by atoms with van der Waals surface area (Å²) in [6.07, 6.45) is 8.91. The highest BCUT2D eigenvalue weighted by atomic mass is 16.4. The van der Waals surface area contributed by atoms with Crippen molar-refractivity contribution in [2.45, 2.75) is 45.4 Å². The third-order valence-electron chi connectivity index (χ3n) is 2.21. The van der Waals surface area contributed by atoms with Gasteiger partial charge in [-0.25, -0.2) is 4.79 Å². The van der Waals surface area contributed by atoms with Gasteiger partial charge in [0.2, 0.25) is 5.91 Å². The first-order valence-electron chi connectivity index (χ1n) is 5.85. The Labute approximate surface area is 96.7 Å². The molecule has 1 amide bonds. The largest absolute Gasteiger partial charge is 0.478 e. The first-order chi connectivity index (χ1) is 7.66. The summed E-state index contributed by atoms with van der Waals surface area (Å²) in [6.45, 7) is 2.80. The number of carboxylic acids is 1. The van der Waals surface area contributed by atoms with Crippen molar-refractivity contribution in [1.29, 1.82) is 0 Å². The van der Waals surface area contributed by atoms with Gasteiger partial charge in [0.15, 0.2) is 0 Å². The zero-order valence-corrected chi connectivity index (χ0v) is 9.87. The number of aliphatic carboxylic acids is 1. The molecule has 16 heavy (non-hydrogen) atoms. The van der Waals surface area contributed by atoms with Gasteiger partial charge in [-0.15, -0.1) is 0 Å². The predicted molar refractivity (Wildman–Crippen MR) is 63.2 cm³/mol. The molecule has 0 aromatic carbocycles. The molecule has 0 aliphatic carbocycles. The van der Waals surface area contributed by atoms with Crippen molar-refractivity contribution in [2.24, 2.45) is 0 Å². The quantitative estimate of drug-likeness (QED) is 0.468. The maximum atomic E-state index is 11.0. The van der Waals surface area contributed by atoms with E-state index in [9.17, 15) is 9.59 Å². The van der Waals surface area contributed by atoms with E-state index in [0.717, 1.165) is 25.0 Å². The Kier molecular flexibility index (Phi) is 9.36. The Balaban J connectivity index is 3.31. The maximum Gasteiger partial charge on any atom is 0.328 e. The number of hydrogen-bond acceptors (Lipinski definition) is 2. The minimum atomic E-state index is -1.10. The SMILES string of the molecule is CCCCCCCCNC(=O)/C=C\C(=O)O. The van der Waals surface area contributed by atoms with Crippen molar-refractivity contribution in [3.05, 3.63) is 12.2 Å². The normalized spacial score (nSPS) is 10.6. The summed E-state index contributed by atoms with van der Waals surface area (Å²) in [7, 11) is 0. The van der Waals surface area contributed by atoms with E-state index >= 15 is 0 Å². The summed E-state index contributed by atoms with van der Waals surface area (Å²) in [5.74, 6) is -1.44. The van der Waals surface area contributed by atoms with Crippen LogP contribution in [0.3, 0.4) is 0 Å². The average Bonchev–Trinajstić information content (AvgIpc) is 2.25. The van der Waals surface area contributed by atoms with Gasteiger partial charge in [0.25, 0.3) is 0 Å². The molecule has 0 aliphatic heterocycles. The number of carbonyl (C=O) groups is 2. The van der Waals surface area contributed by atoms with Crippen LogP contribution in [-0.2, 0) is 9.59 Å². The molecule has 0 aromatic rings. The summed E-state index contributed by atoms with van der Waals surface area (Å²) >= 11 is 0. The van der Waals surface area contributed by atoms with Crippen molar-refractivity contribution in [2.75, 3.05) is 6.54 Å². The fourth-order valence-corrected chi connectivity index (χ4v) is 1.32. The molecule has 0 spiro atoms. The van der Waals surface area contributed by atoms with Gasteiger partial charge in [-0.3, -0.25) is 4.79 Å². The van der Waals surface area contributed by atoms with Gasteiger partial charge < -0.3 is 10.4 Å². The standard InChI is InChI=1S/C12H21NO3/c1-2-3-4-5-6-7-10-13-11(14)8-9-12(15)16/h8-9H,2-7,10H2,1H3,(H,13,14)(H,15,16)/b9-8-.